The average molecular weight is 421 g/mol. The normalized spacial score (nSPS) is 12.6. The summed E-state index contributed by atoms with van der Waals surface area (Å²) in [5, 5.41) is 6.37. The molecule has 0 spiro atoms. The van der Waals surface area contributed by atoms with E-state index < -0.39 is 17.7 Å². The van der Waals surface area contributed by atoms with Crippen molar-refractivity contribution in [3.8, 4) is 11.5 Å². The van der Waals surface area contributed by atoms with Crippen LogP contribution in [0.25, 0.3) is 0 Å². The average Bonchev–Trinajstić information content (AvgIpc) is 2.73. The van der Waals surface area contributed by atoms with E-state index in [1.807, 2.05) is 18.2 Å². The maximum Gasteiger partial charge on any atom is 0.191 e. The van der Waals surface area contributed by atoms with Crippen molar-refractivity contribution in [2.24, 2.45) is 4.99 Å². The molecule has 1 atom stereocenters. The van der Waals surface area contributed by atoms with E-state index in [1.165, 1.54) is 18.2 Å². The van der Waals surface area contributed by atoms with Gasteiger partial charge in [-0.1, -0.05) is 12.1 Å². The molecule has 164 valence electrons. The van der Waals surface area contributed by atoms with Gasteiger partial charge in [-0.3, -0.25) is 4.99 Å². The summed E-state index contributed by atoms with van der Waals surface area (Å²) in [5.41, 5.74) is 1.12. The van der Waals surface area contributed by atoms with Crippen molar-refractivity contribution in [2.45, 2.75) is 12.5 Å². The van der Waals surface area contributed by atoms with E-state index in [9.17, 15) is 8.78 Å². The summed E-state index contributed by atoms with van der Waals surface area (Å²) in [6.45, 7) is 0.913. The SMILES string of the molecule is CN=C(NCCc1ccc(OC)c(OC)c1)NCC(c1c(F)cccc1F)N(C)C. The Hall–Kier alpha value is -2.87. The molecule has 0 aromatic heterocycles. The van der Waals surface area contributed by atoms with Crippen molar-refractivity contribution < 1.29 is 18.3 Å². The Morgan fingerprint density at radius 1 is 1.03 bits per heavy atom. The third kappa shape index (κ3) is 6.06. The summed E-state index contributed by atoms with van der Waals surface area (Å²) >= 11 is 0. The van der Waals surface area contributed by atoms with Crippen LogP contribution in [0.1, 0.15) is 17.2 Å². The third-order valence-electron chi connectivity index (χ3n) is 4.80. The molecule has 2 N–H and O–H groups in total. The van der Waals surface area contributed by atoms with E-state index in [1.54, 1.807) is 40.3 Å². The van der Waals surface area contributed by atoms with Gasteiger partial charge in [-0.05, 0) is 50.3 Å². The molecular formula is C22H30F2N4O2. The van der Waals surface area contributed by atoms with Crippen LogP contribution in [0.15, 0.2) is 41.4 Å². The van der Waals surface area contributed by atoms with Crippen LogP contribution in [0.2, 0.25) is 0 Å². The second kappa shape index (κ2) is 11.3. The molecule has 0 bridgehead atoms. The van der Waals surface area contributed by atoms with Crippen molar-refractivity contribution in [3.05, 3.63) is 59.2 Å². The number of nitrogens with one attached hydrogen (secondary N) is 2. The molecule has 30 heavy (non-hydrogen) atoms. The van der Waals surface area contributed by atoms with Gasteiger partial charge in [0.25, 0.3) is 0 Å². The van der Waals surface area contributed by atoms with Crippen LogP contribution < -0.4 is 20.1 Å². The van der Waals surface area contributed by atoms with Gasteiger partial charge in [0.15, 0.2) is 17.5 Å². The van der Waals surface area contributed by atoms with E-state index in [2.05, 4.69) is 15.6 Å². The Balaban J connectivity index is 1.95. The highest BCUT2D eigenvalue weighted by molar-refractivity contribution is 5.79. The zero-order chi connectivity index (χ0) is 22.1. The lowest BCUT2D eigenvalue weighted by molar-refractivity contribution is 0.282. The highest BCUT2D eigenvalue weighted by Crippen LogP contribution is 2.27. The van der Waals surface area contributed by atoms with Gasteiger partial charge in [0.2, 0.25) is 0 Å². The van der Waals surface area contributed by atoms with Crippen LogP contribution in [-0.4, -0.2) is 59.3 Å². The predicted octanol–water partition coefficient (Wildman–Crippen LogP) is 2.99. The molecule has 8 heteroatoms. The molecule has 0 heterocycles. The highest BCUT2D eigenvalue weighted by atomic mass is 19.1. The van der Waals surface area contributed by atoms with E-state index in [4.69, 9.17) is 9.47 Å². The van der Waals surface area contributed by atoms with Crippen LogP contribution >= 0.6 is 0 Å². The number of hydrogen-bond donors (Lipinski definition) is 2. The number of ether oxygens (including phenoxy) is 2. The van der Waals surface area contributed by atoms with Gasteiger partial charge in [0.05, 0.1) is 20.3 Å². The Labute approximate surface area is 176 Å². The number of benzene rings is 2. The van der Waals surface area contributed by atoms with Gasteiger partial charge in [0.1, 0.15) is 11.6 Å². The van der Waals surface area contributed by atoms with E-state index in [0.717, 1.165) is 12.0 Å². The number of hydrogen-bond acceptors (Lipinski definition) is 4. The van der Waals surface area contributed by atoms with Gasteiger partial charge in [-0.25, -0.2) is 8.78 Å². The minimum atomic E-state index is -0.563. The topological polar surface area (TPSA) is 58.1 Å². The maximum atomic E-state index is 14.2. The lowest BCUT2D eigenvalue weighted by atomic mass is 10.0. The Bertz CT molecular complexity index is 839. The first-order valence-corrected chi connectivity index (χ1v) is 9.67. The van der Waals surface area contributed by atoms with E-state index in [0.29, 0.717) is 30.5 Å². The number of methoxy groups -OCH3 is 2. The second-order valence-electron chi connectivity index (χ2n) is 6.93. The predicted molar refractivity (Wildman–Crippen MR) is 115 cm³/mol. The standard InChI is InChI=1S/C22H30F2N4O2/c1-25-22(26-12-11-15-9-10-19(29-4)20(13-15)30-5)27-14-18(28(2)3)21-16(23)7-6-8-17(21)24/h6-10,13,18H,11-12,14H2,1-5H3,(H2,25,26,27). The minimum absolute atomic E-state index is 0.0378. The van der Waals surface area contributed by atoms with E-state index in [-0.39, 0.29) is 5.56 Å². The summed E-state index contributed by atoms with van der Waals surface area (Å²) < 4.78 is 39.0. The zero-order valence-electron chi connectivity index (χ0n) is 18.1. The second-order valence-corrected chi connectivity index (χ2v) is 6.93. The summed E-state index contributed by atoms with van der Waals surface area (Å²) in [7, 11) is 8.42. The zero-order valence-corrected chi connectivity index (χ0v) is 18.1. The Morgan fingerprint density at radius 3 is 2.27 bits per heavy atom. The van der Waals surface area contributed by atoms with Gasteiger partial charge >= 0.3 is 0 Å². The lowest BCUT2D eigenvalue weighted by Gasteiger charge is -2.26. The quantitative estimate of drug-likeness (QED) is 0.483. The van der Waals surface area contributed by atoms with Gasteiger partial charge in [-0.15, -0.1) is 0 Å². The molecule has 0 saturated heterocycles. The van der Waals surface area contributed by atoms with Crippen molar-refractivity contribution in [3.63, 3.8) is 0 Å². The Kier molecular flexibility index (Phi) is 8.86. The largest absolute Gasteiger partial charge is 0.493 e. The van der Waals surface area contributed by atoms with Crippen LogP contribution in [0.4, 0.5) is 8.78 Å². The third-order valence-corrected chi connectivity index (χ3v) is 4.80. The molecule has 2 rings (SSSR count). The fourth-order valence-corrected chi connectivity index (χ4v) is 3.15. The molecule has 2 aromatic carbocycles. The summed E-state index contributed by atoms with van der Waals surface area (Å²) in [6.07, 6.45) is 0.736. The molecule has 0 radical (unpaired) electrons. The van der Waals surface area contributed by atoms with Crippen molar-refractivity contribution in [1.82, 2.24) is 15.5 Å². The van der Waals surface area contributed by atoms with Crippen LogP contribution in [-0.2, 0) is 6.42 Å². The van der Waals surface area contributed by atoms with Crippen molar-refractivity contribution in [2.75, 3.05) is 48.5 Å². The van der Waals surface area contributed by atoms with Crippen LogP contribution in [0.5, 0.6) is 11.5 Å². The van der Waals surface area contributed by atoms with Crippen molar-refractivity contribution in [1.29, 1.82) is 0 Å². The molecule has 0 fully saturated rings. The molecule has 6 nitrogen and oxygen atoms in total. The molecule has 2 aromatic rings. The maximum absolute atomic E-state index is 14.2. The van der Waals surface area contributed by atoms with Gasteiger partial charge < -0.3 is 25.0 Å². The molecule has 0 amide bonds. The van der Waals surface area contributed by atoms with Crippen LogP contribution in [0.3, 0.4) is 0 Å². The lowest BCUT2D eigenvalue weighted by Crippen LogP contribution is -2.42. The van der Waals surface area contributed by atoms with Crippen LogP contribution in [0, 0.1) is 11.6 Å². The fraction of sp³-hybridized carbons (Fsp3) is 0.409. The van der Waals surface area contributed by atoms with E-state index >= 15 is 0 Å². The number of nitrogens with zero attached hydrogens (tertiary/aromatic N) is 2. The number of halogens is 2. The first-order chi connectivity index (χ1) is 14.4. The molecule has 0 aliphatic carbocycles. The molecule has 1 unspecified atom stereocenters. The number of rotatable bonds is 9. The Morgan fingerprint density at radius 2 is 1.70 bits per heavy atom. The number of guanidine groups is 1. The molecule has 0 aliphatic rings. The molecule has 0 saturated carbocycles. The summed E-state index contributed by atoms with van der Waals surface area (Å²) in [6, 6.07) is 9.18. The first-order valence-electron chi connectivity index (χ1n) is 9.67. The molecular weight excluding hydrogens is 390 g/mol. The van der Waals surface area contributed by atoms with Gasteiger partial charge in [0, 0.05) is 25.7 Å². The monoisotopic (exact) mass is 420 g/mol. The summed E-state index contributed by atoms with van der Waals surface area (Å²) in [4.78, 5) is 5.96. The number of likely N-dealkylation sites (N-methyl/N-ethyl adjacent to an activating group) is 1. The highest BCUT2D eigenvalue weighted by Gasteiger charge is 2.22. The number of aliphatic imine (C=N–C) groups is 1. The van der Waals surface area contributed by atoms with Gasteiger partial charge in [-0.2, -0.15) is 0 Å². The molecule has 0 aliphatic heterocycles. The first kappa shape index (κ1) is 23.4. The smallest absolute Gasteiger partial charge is 0.191 e. The fourth-order valence-electron chi connectivity index (χ4n) is 3.15. The van der Waals surface area contributed by atoms with Crippen molar-refractivity contribution >= 4 is 5.96 Å². The summed E-state index contributed by atoms with van der Waals surface area (Å²) in [5.74, 6) is 0.790. The minimum Gasteiger partial charge on any atom is -0.493 e.